The van der Waals surface area contributed by atoms with Crippen LogP contribution in [0.15, 0.2) is 35.3 Å². The van der Waals surface area contributed by atoms with Gasteiger partial charge in [0, 0.05) is 50.1 Å². The molecule has 2 aromatic rings. The number of guanidine groups is 1. The Balaban J connectivity index is 1.42. The molecule has 2 heterocycles. The Morgan fingerprint density at radius 3 is 2.57 bits per heavy atom. The van der Waals surface area contributed by atoms with E-state index in [1.54, 1.807) is 11.3 Å². The maximum Gasteiger partial charge on any atom is 0.191 e. The number of hydrogen-bond acceptors (Lipinski definition) is 4. The van der Waals surface area contributed by atoms with Gasteiger partial charge in [-0.2, -0.15) is 0 Å². The van der Waals surface area contributed by atoms with E-state index in [2.05, 4.69) is 76.6 Å². The molecule has 1 saturated heterocycles. The second kappa shape index (κ2) is 10.0. The van der Waals surface area contributed by atoms with Gasteiger partial charge >= 0.3 is 0 Å². The molecule has 0 bridgehead atoms. The number of benzene rings is 1. The highest BCUT2D eigenvalue weighted by molar-refractivity contribution is 7.11. The number of aryl methyl sites for hydroxylation is 2. The summed E-state index contributed by atoms with van der Waals surface area (Å²) in [6.07, 6.45) is 3.28. The number of nitrogens with zero attached hydrogens (tertiary/aromatic N) is 3. The summed E-state index contributed by atoms with van der Waals surface area (Å²) in [6, 6.07) is 11.8. The quantitative estimate of drug-likeness (QED) is 0.575. The predicted octanol–water partition coefficient (Wildman–Crippen LogP) is 3.69. The van der Waals surface area contributed by atoms with E-state index in [9.17, 15) is 0 Å². The second-order valence-corrected chi connectivity index (χ2v) is 8.82. The van der Waals surface area contributed by atoms with Gasteiger partial charge in [0.05, 0.1) is 10.7 Å². The zero-order valence-electron chi connectivity index (χ0n) is 17.5. The van der Waals surface area contributed by atoms with Crippen molar-refractivity contribution in [2.24, 2.45) is 4.99 Å². The highest BCUT2D eigenvalue weighted by atomic mass is 32.1. The third kappa shape index (κ3) is 5.55. The summed E-state index contributed by atoms with van der Waals surface area (Å²) >= 11 is 1.79. The summed E-state index contributed by atoms with van der Waals surface area (Å²) in [4.78, 5) is 12.9. The van der Waals surface area contributed by atoms with Crippen molar-refractivity contribution in [2.75, 3.05) is 26.7 Å². The van der Waals surface area contributed by atoms with Crippen LogP contribution in [0.1, 0.15) is 46.9 Å². The lowest BCUT2D eigenvalue weighted by atomic mass is 10.0. The van der Waals surface area contributed by atoms with Crippen LogP contribution in [0.25, 0.3) is 0 Å². The molecule has 0 saturated carbocycles. The van der Waals surface area contributed by atoms with Gasteiger partial charge in [0.25, 0.3) is 0 Å². The van der Waals surface area contributed by atoms with Crippen molar-refractivity contribution >= 4 is 17.3 Å². The number of piperidine rings is 1. The third-order valence-electron chi connectivity index (χ3n) is 5.57. The summed E-state index contributed by atoms with van der Waals surface area (Å²) in [6.45, 7) is 9.59. The zero-order chi connectivity index (χ0) is 19.9. The van der Waals surface area contributed by atoms with Crippen LogP contribution in [-0.2, 0) is 6.42 Å². The van der Waals surface area contributed by atoms with E-state index in [4.69, 9.17) is 0 Å². The van der Waals surface area contributed by atoms with Gasteiger partial charge in [-0.25, -0.2) is 4.98 Å². The predicted molar refractivity (Wildman–Crippen MR) is 119 cm³/mol. The standard InChI is InChI=1S/C22H33N5S/c1-16-21(28-18(3)25-16)10-13-24-22(23-4)26-20-11-14-27(15-12-20)17(2)19-8-6-5-7-9-19/h5-9,17,20H,10-15H2,1-4H3,(H2,23,24,26). The fourth-order valence-corrected chi connectivity index (χ4v) is 4.80. The Bertz CT molecular complexity index is 762. The normalized spacial score (nSPS) is 17.5. The third-order valence-corrected chi connectivity index (χ3v) is 6.70. The van der Waals surface area contributed by atoms with Crippen molar-refractivity contribution in [1.29, 1.82) is 0 Å². The van der Waals surface area contributed by atoms with E-state index < -0.39 is 0 Å². The first kappa shape index (κ1) is 20.8. The Labute approximate surface area is 173 Å². The summed E-state index contributed by atoms with van der Waals surface area (Å²) in [5, 5.41) is 8.22. The van der Waals surface area contributed by atoms with Crippen molar-refractivity contribution in [3.63, 3.8) is 0 Å². The molecule has 6 heteroatoms. The number of hydrogen-bond donors (Lipinski definition) is 2. The van der Waals surface area contributed by atoms with Crippen LogP contribution in [0, 0.1) is 13.8 Å². The minimum absolute atomic E-state index is 0.477. The summed E-state index contributed by atoms with van der Waals surface area (Å²) in [5.74, 6) is 0.911. The van der Waals surface area contributed by atoms with Gasteiger partial charge in [-0.15, -0.1) is 11.3 Å². The minimum Gasteiger partial charge on any atom is -0.356 e. The lowest BCUT2D eigenvalue weighted by Gasteiger charge is -2.37. The highest BCUT2D eigenvalue weighted by Gasteiger charge is 2.24. The van der Waals surface area contributed by atoms with Crippen molar-refractivity contribution in [3.05, 3.63) is 51.5 Å². The summed E-state index contributed by atoms with van der Waals surface area (Å²) < 4.78 is 0. The molecule has 1 aliphatic heterocycles. The molecule has 1 aromatic heterocycles. The highest BCUT2D eigenvalue weighted by Crippen LogP contribution is 2.24. The van der Waals surface area contributed by atoms with Crippen LogP contribution in [0.5, 0.6) is 0 Å². The number of rotatable bonds is 6. The molecule has 0 amide bonds. The van der Waals surface area contributed by atoms with Gasteiger partial charge < -0.3 is 10.6 Å². The van der Waals surface area contributed by atoms with Crippen molar-refractivity contribution in [2.45, 2.75) is 52.1 Å². The minimum atomic E-state index is 0.477. The van der Waals surface area contributed by atoms with Gasteiger partial charge in [-0.3, -0.25) is 9.89 Å². The van der Waals surface area contributed by atoms with E-state index in [0.717, 1.165) is 55.6 Å². The molecule has 1 aromatic carbocycles. The Morgan fingerprint density at radius 2 is 1.96 bits per heavy atom. The Kier molecular flexibility index (Phi) is 7.45. The molecule has 0 spiro atoms. The SMILES string of the molecule is CN=C(NCCc1sc(C)nc1C)NC1CCN(C(C)c2ccccc2)CC1. The fraction of sp³-hybridized carbons (Fsp3) is 0.545. The molecule has 1 unspecified atom stereocenters. The average Bonchev–Trinajstić information content (AvgIpc) is 3.04. The molecule has 1 atom stereocenters. The van der Waals surface area contributed by atoms with Crippen molar-refractivity contribution in [1.82, 2.24) is 20.5 Å². The summed E-state index contributed by atoms with van der Waals surface area (Å²) in [5.41, 5.74) is 2.56. The van der Waals surface area contributed by atoms with Gasteiger partial charge in [0.2, 0.25) is 0 Å². The largest absolute Gasteiger partial charge is 0.356 e. The fourth-order valence-electron chi connectivity index (χ4n) is 3.86. The number of likely N-dealkylation sites (tertiary alicyclic amines) is 1. The Hall–Kier alpha value is -1.92. The van der Waals surface area contributed by atoms with Crippen LogP contribution in [0.3, 0.4) is 0 Å². The molecular weight excluding hydrogens is 366 g/mol. The van der Waals surface area contributed by atoms with Crippen LogP contribution < -0.4 is 10.6 Å². The monoisotopic (exact) mass is 399 g/mol. The first-order valence-electron chi connectivity index (χ1n) is 10.3. The molecule has 0 radical (unpaired) electrons. The first-order valence-corrected chi connectivity index (χ1v) is 11.1. The van der Waals surface area contributed by atoms with Crippen LogP contribution >= 0.6 is 11.3 Å². The molecule has 0 aliphatic carbocycles. The van der Waals surface area contributed by atoms with Crippen molar-refractivity contribution < 1.29 is 0 Å². The van der Waals surface area contributed by atoms with E-state index in [1.165, 1.54) is 10.4 Å². The first-order chi connectivity index (χ1) is 13.6. The van der Waals surface area contributed by atoms with Gasteiger partial charge in [0.15, 0.2) is 5.96 Å². The average molecular weight is 400 g/mol. The topological polar surface area (TPSA) is 52.6 Å². The maximum absolute atomic E-state index is 4.51. The number of aromatic nitrogens is 1. The molecule has 28 heavy (non-hydrogen) atoms. The molecule has 5 nitrogen and oxygen atoms in total. The molecule has 3 rings (SSSR count). The summed E-state index contributed by atoms with van der Waals surface area (Å²) in [7, 11) is 1.85. The van der Waals surface area contributed by atoms with Gasteiger partial charge in [-0.1, -0.05) is 30.3 Å². The van der Waals surface area contributed by atoms with E-state index in [1.807, 2.05) is 7.05 Å². The second-order valence-electron chi connectivity index (χ2n) is 7.53. The number of thiazole rings is 1. The number of aliphatic imine (C=N–C) groups is 1. The van der Waals surface area contributed by atoms with Crippen LogP contribution in [-0.4, -0.2) is 48.6 Å². The molecule has 1 fully saturated rings. The smallest absolute Gasteiger partial charge is 0.191 e. The lowest BCUT2D eigenvalue weighted by molar-refractivity contribution is 0.158. The van der Waals surface area contributed by atoms with Gasteiger partial charge in [0.1, 0.15) is 0 Å². The van der Waals surface area contributed by atoms with E-state index in [0.29, 0.717) is 12.1 Å². The zero-order valence-corrected chi connectivity index (χ0v) is 18.4. The number of nitrogens with one attached hydrogen (secondary N) is 2. The van der Waals surface area contributed by atoms with Gasteiger partial charge in [-0.05, 0) is 39.2 Å². The van der Waals surface area contributed by atoms with Crippen LogP contribution in [0.4, 0.5) is 0 Å². The molecule has 1 aliphatic rings. The Morgan fingerprint density at radius 1 is 1.25 bits per heavy atom. The molecule has 2 N–H and O–H groups in total. The van der Waals surface area contributed by atoms with Crippen LogP contribution in [0.2, 0.25) is 0 Å². The lowest BCUT2D eigenvalue weighted by Crippen LogP contribution is -2.49. The molecular formula is C22H33N5S. The van der Waals surface area contributed by atoms with Crippen molar-refractivity contribution in [3.8, 4) is 0 Å². The van der Waals surface area contributed by atoms with E-state index in [-0.39, 0.29) is 0 Å². The van der Waals surface area contributed by atoms with E-state index >= 15 is 0 Å². The maximum atomic E-state index is 4.51. The molecule has 152 valence electrons.